The molecule has 0 bridgehead atoms. The monoisotopic (exact) mass is 275 g/mol. The number of nitrogens with two attached hydrogens (primary N) is 1. The van der Waals surface area contributed by atoms with Crippen molar-refractivity contribution in [2.45, 2.75) is 56.5 Å². The van der Waals surface area contributed by atoms with E-state index in [9.17, 15) is 4.39 Å². The lowest BCUT2D eigenvalue weighted by Crippen LogP contribution is -2.41. The molecule has 2 saturated carbocycles. The van der Waals surface area contributed by atoms with E-state index in [4.69, 9.17) is 5.73 Å². The van der Waals surface area contributed by atoms with Crippen LogP contribution in [0.4, 0.5) is 4.39 Å². The SMILES string of the molecule is NC(=N[C@@H]1C[C@H]1c1cccc(F)c1)NC1CCCCC1. The van der Waals surface area contributed by atoms with E-state index in [-0.39, 0.29) is 11.9 Å². The molecule has 2 atom stereocenters. The molecule has 0 aliphatic heterocycles. The Kier molecular flexibility index (Phi) is 3.90. The maximum absolute atomic E-state index is 13.2. The second-order valence-electron chi connectivity index (χ2n) is 5.96. The second kappa shape index (κ2) is 5.81. The maximum atomic E-state index is 13.2. The molecular formula is C16H22FN3. The summed E-state index contributed by atoms with van der Waals surface area (Å²) in [5.74, 6) is 0.712. The fraction of sp³-hybridized carbons (Fsp3) is 0.562. The zero-order valence-electron chi connectivity index (χ0n) is 11.7. The highest BCUT2D eigenvalue weighted by atomic mass is 19.1. The van der Waals surface area contributed by atoms with Crippen molar-refractivity contribution < 1.29 is 4.39 Å². The molecule has 20 heavy (non-hydrogen) atoms. The normalized spacial score (nSPS) is 27.4. The van der Waals surface area contributed by atoms with Crippen molar-refractivity contribution >= 4 is 5.96 Å². The first kappa shape index (κ1) is 13.4. The minimum Gasteiger partial charge on any atom is -0.370 e. The van der Waals surface area contributed by atoms with Gasteiger partial charge in [-0.05, 0) is 37.0 Å². The largest absolute Gasteiger partial charge is 0.370 e. The van der Waals surface area contributed by atoms with Gasteiger partial charge in [0.05, 0.1) is 6.04 Å². The van der Waals surface area contributed by atoms with Crippen molar-refractivity contribution in [3.05, 3.63) is 35.6 Å². The van der Waals surface area contributed by atoms with Gasteiger partial charge in [0.15, 0.2) is 5.96 Å². The topological polar surface area (TPSA) is 50.4 Å². The minimum atomic E-state index is -0.176. The quantitative estimate of drug-likeness (QED) is 0.658. The van der Waals surface area contributed by atoms with Crippen molar-refractivity contribution in [2.24, 2.45) is 10.7 Å². The van der Waals surface area contributed by atoms with E-state index >= 15 is 0 Å². The molecule has 0 heterocycles. The summed E-state index contributed by atoms with van der Waals surface area (Å²) in [5.41, 5.74) is 7.01. The minimum absolute atomic E-state index is 0.176. The van der Waals surface area contributed by atoms with Crippen LogP contribution in [0.15, 0.2) is 29.3 Å². The van der Waals surface area contributed by atoms with E-state index in [1.807, 2.05) is 6.07 Å². The van der Waals surface area contributed by atoms with Crippen molar-refractivity contribution in [3.63, 3.8) is 0 Å². The van der Waals surface area contributed by atoms with Gasteiger partial charge in [-0.25, -0.2) is 9.38 Å². The second-order valence-corrected chi connectivity index (χ2v) is 5.96. The molecule has 0 unspecified atom stereocenters. The van der Waals surface area contributed by atoms with Crippen molar-refractivity contribution in [1.29, 1.82) is 0 Å². The van der Waals surface area contributed by atoms with Crippen LogP contribution in [0.3, 0.4) is 0 Å². The Morgan fingerprint density at radius 2 is 2.05 bits per heavy atom. The van der Waals surface area contributed by atoms with Crippen LogP contribution < -0.4 is 11.1 Å². The van der Waals surface area contributed by atoms with E-state index in [1.54, 1.807) is 12.1 Å². The average molecular weight is 275 g/mol. The van der Waals surface area contributed by atoms with Crippen LogP contribution in [-0.2, 0) is 0 Å². The van der Waals surface area contributed by atoms with Crippen molar-refractivity contribution in [3.8, 4) is 0 Å². The molecule has 108 valence electrons. The van der Waals surface area contributed by atoms with E-state index in [2.05, 4.69) is 10.3 Å². The Hall–Kier alpha value is -1.58. The molecular weight excluding hydrogens is 253 g/mol. The van der Waals surface area contributed by atoms with Crippen molar-refractivity contribution in [2.75, 3.05) is 0 Å². The highest BCUT2D eigenvalue weighted by Gasteiger charge is 2.38. The number of hydrogen-bond acceptors (Lipinski definition) is 1. The van der Waals surface area contributed by atoms with Gasteiger partial charge in [0.2, 0.25) is 0 Å². The molecule has 2 fully saturated rings. The number of aliphatic imine (C=N–C) groups is 1. The number of nitrogens with zero attached hydrogens (tertiary/aromatic N) is 1. The van der Waals surface area contributed by atoms with Crippen molar-refractivity contribution in [1.82, 2.24) is 5.32 Å². The lowest BCUT2D eigenvalue weighted by Gasteiger charge is -2.23. The van der Waals surface area contributed by atoms with E-state index in [0.717, 1.165) is 12.0 Å². The van der Waals surface area contributed by atoms with Crippen LogP contribution in [0.25, 0.3) is 0 Å². The fourth-order valence-electron chi connectivity index (χ4n) is 3.09. The summed E-state index contributed by atoms with van der Waals surface area (Å²) in [6.45, 7) is 0. The number of benzene rings is 1. The summed E-state index contributed by atoms with van der Waals surface area (Å²) in [5, 5.41) is 3.33. The summed E-state index contributed by atoms with van der Waals surface area (Å²) in [6.07, 6.45) is 7.24. The summed E-state index contributed by atoms with van der Waals surface area (Å²) < 4.78 is 13.2. The van der Waals surface area contributed by atoms with Gasteiger partial charge >= 0.3 is 0 Å². The van der Waals surface area contributed by atoms with Crippen LogP contribution in [0.1, 0.15) is 50.0 Å². The third kappa shape index (κ3) is 3.30. The van der Waals surface area contributed by atoms with Gasteiger partial charge in [-0.1, -0.05) is 31.4 Å². The van der Waals surface area contributed by atoms with Gasteiger partial charge in [-0.3, -0.25) is 0 Å². The Morgan fingerprint density at radius 3 is 2.80 bits per heavy atom. The van der Waals surface area contributed by atoms with Crippen LogP contribution in [-0.4, -0.2) is 18.0 Å². The standard InChI is InChI=1S/C16H22FN3/c17-12-6-4-5-11(9-12)14-10-15(14)20-16(18)19-13-7-2-1-3-8-13/h4-6,9,13-15H,1-3,7-8,10H2,(H3,18,19,20)/t14-,15+/m0/s1. The fourth-order valence-corrected chi connectivity index (χ4v) is 3.09. The third-order valence-electron chi connectivity index (χ3n) is 4.30. The molecule has 4 heteroatoms. The molecule has 0 spiro atoms. The van der Waals surface area contributed by atoms with Gasteiger partial charge in [-0.2, -0.15) is 0 Å². The van der Waals surface area contributed by atoms with E-state index in [1.165, 1.54) is 38.2 Å². The number of halogens is 1. The molecule has 2 aliphatic rings. The van der Waals surface area contributed by atoms with Crippen LogP contribution >= 0.6 is 0 Å². The summed E-state index contributed by atoms with van der Waals surface area (Å²) in [4.78, 5) is 4.53. The van der Waals surface area contributed by atoms with Gasteiger partial charge in [0, 0.05) is 12.0 Å². The number of hydrogen-bond donors (Lipinski definition) is 2. The first-order valence-electron chi connectivity index (χ1n) is 7.57. The predicted octanol–water partition coefficient (Wildman–Crippen LogP) is 2.92. The highest BCUT2D eigenvalue weighted by Crippen LogP contribution is 2.43. The van der Waals surface area contributed by atoms with E-state index in [0.29, 0.717) is 17.9 Å². The number of guanidine groups is 1. The lowest BCUT2D eigenvalue weighted by molar-refractivity contribution is 0.412. The molecule has 1 aromatic rings. The Morgan fingerprint density at radius 1 is 1.25 bits per heavy atom. The van der Waals surface area contributed by atoms with E-state index < -0.39 is 0 Å². The number of rotatable bonds is 3. The molecule has 0 radical (unpaired) electrons. The first-order chi connectivity index (χ1) is 9.72. The maximum Gasteiger partial charge on any atom is 0.189 e. The third-order valence-corrected chi connectivity index (χ3v) is 4.30. The van der Waals surface area contributed by atoms with Crippen LogP contribution in [0.5, 0.6) is 0 Å². The molecule has 1 aromatic carbocycles. The Labute approximate surface area is 119 Å². The van der Waals surface area contributed by atoms with Gasteiger partial charge < -0.3 is 11.1 Å². The van der Waals surface area contributed by atoms with Gasteiger partial charge in [0.1, 0.15) is 5.82 Å². The predicted molar refractivity (Wildman–Crippen MR) is 79.2 cm³/mol. The van der Waals surface area contributed by atoms with Crippen LogP contribution in [0, 0.1) is 5.82 Å². The summed E-state index contributed by atoms with van der Waals surface area (Å²) in [7, 11) is 0. The van der Waals surface area contributed by atoms with Crippen LogP contribution in [0.2, 0.25) is 0 Å². The lowest BCUT2D eigenvalue weighted by atomic mass is 9.96. The summed E-state index contributed by atoms with van der Waals surface area (Å²) in [6, 6.07) is 7.50. The molecule has 0 amide bonds. The Bertz CT molecular complexity index is 494. The highest BCUT2D eigenvalue weighted by molar-refractivity contribution is 5.78. The first-order valence-corrected chi connectivity index (χ1v) is 7.57. The molecule has 0 aromatic heterocycles. The Balaban J connectivity index is 1.54. The average Bonchev–Trinajstić information content (AvgIpc) is 3.19. The zero-order chi connectivity index (χ0) is 13.9. The summed E-state index contributed by atoms with van der Waals surface area (Å²) >= 11 is 0. The molecule has 2 aliphatic carbocycles. The smallest absolute Gasteiger partial charge is 0.189 e. The zero-order valence-corrected chi connectivity index (χ0v) is 11.7. The molecule has 3 nitrogen and oxygen atoms in total. The molecule has 3 N–H and O–H groups in total. The number of nitrogens with one attached hydrogen (secondary N) is 1. The van der Waals surface area contributed by atoms with Gasteiger partial charge in [-0.15, -0.1) is 0 Å². The van der Waals surface area contributed by atoms with Gasteiger partial charge in [0.25, 0.3) is 0 Å². The molecule has 0 saturated heterocycles. The molecule has 3 rings (SSSR count).